The highest BCUT2D eigenvalue weighted by molar-refractivity contribution is 7.92. The Balaban J connectivity index is 3.05. The number of alkyl halides is 4. The van der Waals surface area contributed by atoms with E-state index in [1.807, 2.05) is 0 Å². The average Bonchev–Trinajstić information content (AvgIpc) is 2.11. The molecule has 0 amide bonds. The maximum absolute atomic E-state index is 12.5. The van der Waals surface area contributed by atoms with Gasteiger partial charge in [0.2, 0.25) is 9.84 Å². The monoisotopic (exact) mass is 206 g/mol. The van der Waals surface area contributed by atoms with Crippen molar-refractivity contribution >= 4 is 9.84 Å². The Labute approximate surface area is 66.5 Å². The minimum atomic E-state index is -4.78. The molecule has 0 aromatic heterocycles. The van der Waals surface area contributed by atoms with Crippen molar-refractivity contribution in [3.05, 3.63) is 0 Å². The third kappa shape index (κ3) is 1.10. The van der Waals surface area contributed by atoms with Crippen molar-refractivity contribution in [3.8, 4) is 0 Å². The van der Waals surface area contributed by atoms with Gasteiger partial charge in [-0.1, -0.05) is 0 Å². The van der Waals surface area contributed by atoms with Crippen LogP contribution in [-0.4, -0.2) is 32.3 Å². The molecule has 2 atom stereocenters. The molecule has 1 rings (SSSR count). The molecule has 0 aromatic carbocycles. The minimum absolute atomic E-state index is 1.11. The van der Waals surface area contributed by atoms with Crippen molar-refractivity contribution in [1.82, 2.24) is 0 Å². The minimum Gasteiger partial charge on any atom is -0.251 e. The molecule has 0 N–H and O–H groups in total. The van der Waals surface area contributed by atoms with E-state index >= 15 is 0 Å². The highest BCUT2D eigenvalue weighted by Crippen LogP contribution is 2.41. The van der Waals surface area contributed by atoms with Crippen molar-refractivity contribution < 1.29 is 26.0 Å². The van der Waals surface area contributed by atoms with E-state index in [0.29, 0.717) is 0 Å². The second kappa shape index (κ2) is 2.58. The maximum atomic E-state index is 12.5. The first-order valence-corrected chi connectivity index (χ1v) is 4.78. The largest absolute Gasteiger partial charge is 0.376 e. The first-order chi connectivity index (χ1) is 5.33. The number of hydrogen-bond donors (Lipinski definition) is 0. The lowest BCUT2D eigenvalue weighted by Crippen LogP contribution is -2.33. The predicted molar refractivity (Wildman–Crippen MR) is 33.1 cm³/mol. The molecule has 1 fully saturated rings. The highest BCUT2D eigenvalue weighted by Gasteiger charge is 2.62. The van der Waals surface area contributed by atoms with Crippen molar-refractivity contribution in [1.29, 1.82) is 0 Å². The van der Waals surface area contributed by atoms with Gasteiger partial charge >= 0.3 is 5.25 Å². The summed E-state index contributed by atoms with van der Waals surface area (Å²) in [7, 11) is -4.78. The van der Waals surface area contributed by atoms with E-state index < -0.39 is 39.6 Å². The lowest BCUT2D eigenvalue weighted by molar-refractivity contribution is -0.00832. The van der Waals surface area contributed by atoms with Crippen molar-refractivity contribution in [2.75, 3.05) is 12.4 Å². The summed E-state index contributed by atoms with van der Waals surface area (Å²) in [5.41, 5.74) is 0. The average molecular weight is 206 g/mol. The molecule has 0 aliphatic carbocycles. The van der Waals surface area contributed by atoms with Crippen molar-refractivity contribution in [2.24, 2.45) is 5.92 Å². The second-order valence-corrected chi connectivity index (χ2v) is 4.77. The summed E-state index contributed by atoms with van der Waals surface area (Å²) in [6.45, 7) is -1.38. The third-order valence-electron chi connectivity index (χ3n) is 1.78. The van der Waals surface area contributed by atoms with Crippen LogP contribution >= 0.6 is 0 Å². The SMILES string of the molecule is O=S1(=O)CC(CF)C(F)C1(F)F. The van der Waals surface area contributed by atoms with Crippen LogP contribution in [0.4, 0.5) is 17.6 Å². The maximum Gasteiger partial charge on any atom is 0.376 e. The molecule has 0 aromatic rings. The smallest absolute Gasteiger partial charge is 0.251 e. The Bertz CT molecular complexity index is 273. The van der Waals surface area contributed by atoms with Crippen LogP contribution in [0.25, 0.3) is 0 Å². The molecule has 7 heteroatoms. The van der Waals surface area contributed by atoms with Gasteiger partial charge in [0, 0.05) is 5.92 Å². The Morgan fingerprint density at radius 1 is 1.42 bits per heavy atom. The molecule has 72 valence electrons. The third-order valence-corrected chi connectivity index (χ3v) is 3.70. The molecule has 1 aliphatic rings. The van der Waals surface area contributed by atoms with Crippen LogP contribution in [-0.2, 0) is 9.84 Å². The zero-order valence-electron chi connectivity index (χ0n) is 5.81. The molecule has 0 saturated carbocycles. The fourth-order valence-electron chi connectivity index (χ4n) is 1.05. The van der Waals surface area contributed by atoms with Gasteiger partial charge in [-0.25, -0.2) is 12.8 Å². The highest BCUT2D eigenvalue weighted by atomic mass is 32.2. The van der Waals surface area contributed by atoms with Gasteiger partial charge in [0.15, 0.2) is 6.17 Å². The first kappa shape index (κ1) is 9.76. The standard InChI is InChI=1S/C5H6F4O2S/c6-1-3-2-12(10,11)5(8,9)4(3)7/h3-4H,1-2H2. The van der Waals surface area contributed by atoms with Gasteiger partial charge in [0.05, 0.1) is 12.4 Å². The van der Waals surface area contributed by atoms with Crippen LogP contribution in [0.15, 0.2) is 0 Å². The molecule has 2 nitrogen and oxygen atoms in total. The van der Waals surface area contributed by atoms with Gasteiger partial charge in [0.1, 0.15) is 0 Å². The summed E-state index contributed by atoms with van der Waals surface area (Å²) in [6, 6.07) is 0. The van der Waals surface area contributed by atoms with E-state index in [0.717, 1.165) is 0 Å². The molecule has 12 heavy (non-hydrogen) atoms. The Morgan fingerprint density at radius 3 is 2.08 bits per heavy atom. The first-order valence-electron chi connectivity index (χ1n) is 3.13. The Morgan fingerprint density at radius 2 is 1.92 bits per heavy atom. The normalized spacial score (nSPS) is 38.3. The lowest BCUT2D eigenvalue weighted by atomic mass is 10.1. The van der Waals surface area contributed by atoms with Gasteiger partial charge in [-0.2, -0.15) is 8.78 Å². The quantitative estimate of drug-likeness (QED) is 0.598. The van der Waals surface area contributed by atoms with Crippen molar-refractivity contribution in [2.45, 2.75) is 11.4 Å². The van der Waals surface area contributed by atoms with Crippen LogP contribution in [0.1, 0.15) is 0 Å². The summed E-state index contributed by atoms with van der Waals surface area (Å²) >= 11 is 0. The second-order valence-electron chi connectivity index (χ2n) is 2.66. The van der Waals surface area contributed by atoms with Gasteiger partial charge in [-0.3, -0.25) is 4.39 Å². The number of halogens is 4. The molecule has 1 aliphatic heterocycles. The summed E-state index contributed by atoms with van der Waals surface area (Å²) in [5, 5.41) is -4.41. The van der Waals surface area contributed by atoms with E-state index in [-0.39, 0.29) is 0 Å². The Kier molecular flexibility index (Phi) is 2.10. The van der Waals surface area contributed by atoms with Crippen LogP contribution in [0.3, 0.4) is 0 Å². The van der Waals surface area contributed by atoms with Crippen LogP contribution in [0, 0.1) is 5.92 Å². The molecular weight excluding hydrogens is 200 g/mol. The van der Waals surface area contributed by atoms with Gasteiger partial charge < -0.3 is 0 Å². The molecule has 0 bridgehead atoms. The lowest BCUT2D eigenvalue weighted by Gasteiger charge is -2.11. The molecule has 1 heterocycles. The van der Waals surface area contributed by atoms with Gasteiger partial charge in [-0.05, 0) is 0 Å². The van der Waals surface area contributed by atoms with Crippen LogP contribution < -0.4 is 0 Å². The van der Waals surface area contributed by atoms with Crippen molar-refractivity contribution in [3.63, 3.8) is 0 Å². The van der Waals surface area contributed by atoms with E-state index in [9.17, 15) is 26.0 Å². The number of hydrogen-bond acceptors (Lipinski definition) is 2. The molecule has 1 saturated heterocycles. The zero-order chi connectivity index (χ0) is 9.57. The van der Waals surface area contributed by atoms with E-state index in [2.05, 4.69) is 0 Å². The zero-order valence-corrected chi connectivity index (χ0v) is 6.62. The van der Waals surface area contributed by atoms with E-state index in [1.165, 1.54) is 0 Å². The molecule has 0 radical (unpaired) electrons. The predicted octanol–water partition coefficient (Wildman–Crippen LogP) is 0.931. The summed E-state index contributed by atoms with van der Waals surface area (Å²) < 4.78 is 70.1. The summed E-state index contributed by atoms with van der Waals surface area (Å²) in [4.78, 5) is 0. The van der Waals surface area contributed by atoms with Crippen LogP contribution in [0.2, 0.25) is 0 Å². The van der Waals surface area contributed by atoms with Crippen LogP contribution in [0.5, 0.6) is 0 Å². The fourth-order valence-corrected chi connectivity index (χ4v) is 2.63. The molecule has 0 spiro atoms. The summed E-state index contributed by atoms with van der Waals surface area (Å²) in [5.74, 6) is -2.83. The summed E-state index contributed by atoms with van der Waals surface area (Å²) in [6.07, 6.45) is -2.91. The number of sulfone groups is 1. The van der Waals surface area contributed by atoms with E-state index in [4.69, 9.17) is 0 Å². The fraction of sp³-hybridized carbons (Fsp3) is 1.00. The molecule has 2 unspecified atom stereocenters. The van der Waals surface area contributed by atoms with Gasteiger partial charge in [-0.15, -0.1) is 0 Å². The topological polar surface area (TPSA) is 34.1 Å². The Hall–Kier alpha value is -0.330. The number of rotatable bonds is 1. The van der Waals surface area contributed by atoms with E-state index in [1.54, 1.807) is 0 Å². The van der Waals surface area contributed by atoms with Gasteiger partial charge in [0.25, 0.3) is 0 Å². The molecular formula is C5H6F4O2S.